The molecule has 208 valence electrons. The Morgan fingerprint density at radius 1 is 0.600 bits per heavy atom. The molecule has 0 unspecified atom stereocenters. The van der Waals surface area contributed by atoms with E-state index in [-0.39, 0.29) is 19.8 Å². The minimum Gasteiger partial charge on any atom is -0.497 e. The summed E-state index contributed by atoms with van der Waals surface area (Å²) in [5, 5.41) is 0. The Bertz CT molecular complexity index is 1300. The second-order valence-corrected chi connectivity index (χ2v) is 8.65. The lowest BCUT2D eigenvalue weighted by Crippen LogP contribution is -2.06. The average molecular weight is 546 g/mol. The zero-order chi connectivity index (χ0) is 28.3. The molecule has 0 aliphatic rings. The van der Waals surface area contributed by atoms with E-state index in [1.54, 1.807) is 77.1 Å². The van der Waals surface area contributed by atoms with Gasteiger partial charge in [-0.3, -0.25) is 4.98 Å². The van der Waals surface area contributed by atoms with Crippen molar-refractivity contribution < 1.29 is 38.0 Å². The fourth-order valence-electron chi connectivity index (χ4n) is 3.83. The van der Waals surface area contributed by atoms with Gasteiger partial charge in [-0.05, 0) is 65.2 Å². The lowest BCUT2D eigenvalue weighted by Gasteiger charge is -2.14. The number of esters is 1. The van der Waals surface area contributed by atoms with E-state index in [1.165, 1.54) is 6.20 Å². The number of nitrogens with zero attached hydrogens (tertiary/aromatic N) is 1. The van der Waals surface area contributed by atoms with Gasteiger partial charge in [-0.25, -0.2) is 4.79 Å². The molecular weight excluding hydrogens is 514 g/mol. The summed E-state index contributed by atoms with van der Waals surface area (Å²) in [6.07, 6.45) is 3.05. The normalized spacial score (nSPS) is 10.4. The van der Waals surface area contributed by atoms with Crippen molar-refractivity contribution in [3.63, 3.8) is 0 Å². The van der Waals surface area contributed by atoms with Crippen LogP contribution < -0.4 is 28.4 Å². The molecule has 9 nitrogen and oxygen atoms in total. The zero-order valence-corrected chi connectivity index (χ0v) is 22.8. The quantitative estimate of drug-likeness (QED) is 0.198. The van der Waals surface area contributed by atoms with E-state index in [2.05, 4.69) is 4.98 Å². The molecule has 0 aliphatic heterocycles. The van der Waals surface area contributed by atoms with E-state index in [0.717, 1.165) is 11.1 Å². The zero-order valence-electron chi connectivity index (χ0n) is 22.8. The standard InChI is InChI=1S/C31H31NO8/c1-34-25-8-21(9-26(14-25)35-2)18-38-29-12-23(20-40-31(33)24-6-5-7-32-17-24)13-30(16-29)39-19-22-10-27(36-3)15-28(11-22)37-4/h5-17H,18-20H2,1-4H3. The summed E-state index contributed by atoms with van der Waals surface area (Å²) in [7, 11) is 6.38. The molecule has 0 fully saturated rings. The van der Waals surface area contributed by atoms with Crippen LogP contribution in [0.2, 0.25) is 0 Å². The molecular formula is C31H31NO8. The number of pyridine rings is 1. The maximum Gasteiger partial charge on any atom is 0.340 e. The van der Waals surface area contributed by atoms with Gasteiger partial charge >= 0.3 is 5.97 Å². The van der Waals surface area contributed by atoms with Gasteiger partial charge in [-0.2, -0.15) is 0 Å². The van der Waals surface area contributed by atoms with Crippen molar-refractivity contribution in [3.8, 4) is 34.5 Å². The second kappa shape index (κ2) is 13.7. The summed E-state index contributed by atoms with van der Waals surface area (Å²) in [5.74, 6) is 3.23. The van der Waals surface area contributed by atoms with E-state index in [0.29, 0.717) is 45.6 Å². The Morgan fingerprint density at radius 2 is 1.02 bits per heavy atom. The predicted octanol–water partition coefficient (Wildman–Crippen LogP) is 5.63. The molecule has 0 saturated carbocycles. The van der Waals surface area contributed by atoms with Gasteiger partial charge in [0.05, 0.1) is 34.0 Å². The number of rotatable bonds is 13. The van der Waals surface area contributed by atoms with Crippen LogP contribution in [0.15, 0.2) is 79.1 Å². The first-order valence-electron chi connectivity index (χ1n) is 12.4. The van der Waals surface area contributed by atoms with Crippen molar-refractivity contribution in [2.75, 3.05) is 28.4 Å². The molecule has 1 heterocycles. The summed E-state index contributed by atoms with van der Waals surface area (Å²) in [4.78, 5) is 16.4. The fourth-order valence-corrected chi connectivity index (χ4v) is 3.83. The van der Waals surface area contributed by atoms with Crippen molar-refractivity contribution >= 4 is 5.97 Å². The molecule has 1 aromatic heterocycles. The monoisotopic (exact) mass is 545 g/mol. The van der Waals surface area contributed by atoms with E-state index in [1.807, 2.05) is 24.3 Å². The number of aromatic nitrogens is 1. The van der Waals surface area contributed by atoms with Gasteiger partial charge in [0.2, 0.25) is 0 Å². The molecule has 0 saturated heterocycles. The highest BCUT2D eigenvalue weighted by Gasteiger charge is 2.11. The van der Waals surface area contributed by atoms with Gasteiger partial charge in [-0.15, -0.1) is 0 Å². The topological polar surface area (TPSA) is 94.6 Å². The predicted molar refractivity (Wildman–Crippen MR) is 148 cm³/mol. The Balaban J connectivity index is 1.53. The van der Waals surface area contributed by atoms with Crippen LogP contribution in [-0.4, -0.2) is 39.4 Å². The van der Waals surface area contributed by atoms with Crippen LogP contribution in [0.5, 0.6) is 34.5 Å². The van der Waals surface area contributed by atoms with Crippen molar-refractivity contribution in [2.45, 2.75) is 19.8 Å². The number of methoxy groups -OCH3 is 4. The number of carbonyl (C=O) groups is 1. The summed E-state index contributed by atoms with van der Waals surface area (Å²) >= 11 is 0. The molecule has 4 aromatic rings. The van der Waals surface area contributed by atoms with Crippen LogP contribution in [-0.2, 0) is 24.6 Å². The Hall–Kier alpha value is -4.92. The second-order valence-electron chi connectivity index (χ2n) is 8.65. The highest BCUT2D eigenvalue weighted by molar-refractivity contribution is 5.88. The Labute approximate surface area is 233 Å². The third-order valence-electron chi connectivity index (χ3n) is 5.84. The summed E-state index contributed by atoms with van der Waals surface area (Å²) < 4.78 is 39.2. The third kappa shape index (κ3) is 7.80. The molecule has 0 amide bonds. The smallest absolute Gasteiger partial charge is 0.340 e. The highest BCUT2D eigenvalue weighted by atomic mass is 16.5. The SMILES string of the molecule is COc1cc(COc2cc(COC(=O)c3cccnc3)cc(OCc3cc(OC)cc(OC)c3)c2)cc(OC)c1. The summed E-state index contributed by atoms with van der Waals surface area (Å²) in [6.45, 7) is 0.513. The molecule has 0 spiro atoms. The van der Waals surface area contributed by atoms with Crippen LogP contribution in [0.3, 0.4) is 0 Å². The fraction of sp³-hybridized carbons (Fsp3) is 0.226. The van der Waals surface area contributed by atoms with E-state index >= 15 is 0 Å². The molecule has 4 rings (SSSR count). The summed E-state index contributed by atoms with van der Waals surface area (Å²) in [6, 6.07) is 19.8. The number of benzene rings is 3. The maximum atomic E-state index is 12.5. The van der Waals surface area contributed by atoms with E-state index in [4.69, 9.17) is 33.2 Å². The first-order valence-corrected chi connectivity index (χ1v) is 12.4. The minimum absolute atomic E-state index is 0.0151. The molecule has 0 atom stereocenters. The van der Waals surface area contributed by atoms with Crippen molar-refractivity contribution in [2.24, 2.45) is 0 Å². The maximum absolute atomic E-state index is 12.5. The molecule has 9 heteroatoms. The number of ether oxygens (including phenoxy) is 7. The van der Waals surface area contributed by atoms with Crippen molar-refractivity contribution in [1.82, 2.24) is 4.98 Å². The van der Waals surface area contributed by atoms with Crippen molar-refractivity contribution in [1.29, 1.82) is 0 Å². The van der Waals surface area contributed by atoms with Crippen LogP contribution in [0.4, 0.5) is 0 Å². The van der Waals surface area contributed by atoms with Gasteiger partial charge in [-0.1, -0.05) is 0 Å². The number of carbonyl (C=O) groups excluding carboxylic acids is 1. The molecule has 3 aromatic carbocycles. The third-order valence-corrected chi connectivity index (χ3v) is 5.84. The molecule has 40 heavy (non-hydrogen) atoms. The van der Waals surface area contributed by atoms with Crippen molar-refractivity contribution in [3.05, 3.63) is 101 Å². The van der Waals surface area contributed by atoms with E-state index < -0.39 is 5.97 Å². The number of hydrogen-bond acceptors (Lipinski definition) is 9. The van der Waals surface area contributed by atoms with Gasteiger partial charge in [0.15, 0.2) is 0 Å². The first-order chi connectivity index (χ1) is 19.5. The first kappa shape index (κ1) is 28.1. The lowest BCUT2D eigenvalue weighted by molar-refractivity contribution is 0.0471. The Kier molecular flexibility index (Phi) is 9.66. The van der Waals surface area contributed by atoms with Crippen LogP contribution >= 0.6 is 0 Å². The molecule has 0 aliphatic carbocycles. The van der Waals surface area contributed by atoms with Gasteiger partial charge < -0.3 is 33.2 Å². The molecule has 0 bridgehead atoms. The van der Waals surface area contributed by atoms with E-state index in [9.17, 15) is 4.79 Å². The average Bonchev–Trinajstić information content (AvgIpc) is 3.01. The van der Waals surface area contributed by atoms with Gasteiger partial charge in [0.1, 0.15) is 54.3 Å². The summed E-state index contributed by atoms with van der Waals surface area (Å²) in [5.41, 5.74) is 2.77. The minimum atomic E-state index is -0.478. The van der Waals surface area contributed by atoms with Gasteiger partial charge in [0.25, 0.3) is 0 Å². The van der Waals surface area contributed by atoms with Crippen LogP contribution in [0.1, 0.15) is 27.0 Å². The van der Waals surface area contributed by atoms with Gasteiger partial charge in [0, 0.05) is 30.6 Å². The number of hydrogen-bond donors (Lipinski definition) is 0. The molecule has 0 N–H and O–H groups in total. The highest BCUT2D eigenvalue weighted by Crippen LogP contribution is 2.29. The lowest BCUT2D eigenvalue weighted by atomic mass is 10.2. The van der Waals surface area contributed by atoms with Crippen LogP contribution in [0, 0.1) is 0 Å². The molecule has 0 radical (unpaired) electrons. The van der Waals surface area contributed by atoms with Crippen LogP contribution in [0.25, 0.3) is 0 Å². The largest absolute Gasteiger partial charge is 0.497 e. The Morgan fingerprint density at radius 3 is 1.45 bits per heavy atom.